The SMILES string of the molecule is CCC1(C)CN(CCCS(C)(=O)=O)C(C(C)(C)C)CN1. The average molecular weight is 305 g/mol. The molecule has 1 aliphatic heterocycles. The molecule has 0 bridgehead atoms. The Morgan fingerprint density at radius 2 is 1.95 bits per heavy atom. The Morgan fingerprint density at radius 1 is 1.35 bits per heavy atom. The number of piperazine rings is 1. The summed E-state index contributed by atoms with van der Waals surface area (Å²) in [5, 5.41) is 3.68. The lowest BCUT2D eigenvalue weighted by molar-refractivity contribution is 0.0267. The first kappa shape index (κ1) is 17.9. The second-order valence-electron chi connectivity index (χ2n) is 7.63. The zero-order chi connectivity index (χ0) is 15.6. The van der Waals surface area contributed by atoms with Crippen molar-refractivity contribution in [3.63, 3.8) is 0 Å². The first-order valence-electron chi connectivity index (χ1n) is 7.64. The van der Waals surface area contributed by atoms with Crippen molar-refractivity contribution in [3.8, 4) is 0 Å². The van der Waals surface area contributed by atoms with Crippen molar-refractivity contribution in [1.29, 1.82) is 0 Å². The molecule has 1 fully saturated rings. The Bertz CT molecular complexity index is 414. The normalized spacial score (nSPS) is 29.6. The molecule has 5 heteroatoms. The minimum Gasteiger partial charge on any atom is -0.309 e. The molecule has 2 unspecified atom stereocenters. The highest BCUT2D eigenvalue weighted by Crippen LogP contribution is 2.29. The van der Waals surface area contributed by atoms with Crippen LogP contribution in [0.2, 0.25) is 0 Å². The van der Waals surface area contributed by atoms with E-state index in [-0.39, 0.29) is 16.7 Å². The Kier molecular flexibility index (Phi) is 5.67. The summed E-state index contributed by atoms with van der Waals surface area (Å²) in [5.74, 6) is 0.288. The average Bonchev–Trinajstić information content (AvgIpc) is 2.25. The predicted octanol–water partition coefficient (Wildman–Crippen LogP) is 1.91. The molecule has 0 aromatic carbocycles. The lowest BCUT2D eigenvalue weighted by Crippen LogP contribution is -2.65. The van der Waals surface area contributed by atoms with Crippen LogP contribution in [0.15, 0.2) is 0 Å². The minimum atomic E-state index is -2.85. The van der Waals surface area contributed by atoms with Crippen molar-refractivity contribution in [2.24, 2.45) is 5.41 Å². The minimum absolute atomic E-state index is 0.146. The maximum atomic E-state index is 11.3. The summed E-state index contributed by atoms with van der Waals surface area (Å²) in [7, 11) is -2.85. The third-order valence-corrected chi connectivity index (χ3v) is 5.49. The molecule has 1 N–H and O–H groups in total. The molecular weight excluding hydrogens is 272 g/mol. The van der Waals surface area contributed by atoms with Crippen LogP contribution in [-0.4, -0.2) is 56.5 Å². The third-order valence-electron chi connectivity index (χ3n) is 4.46. The summed E-state index contributed by atoms with van der Waals surface area (Å²) >= 11 is 0. The monoisotopic (exact) mass is 304 g/mol. The van der Waals surface area contributed by atoms with Gasteiger partial charge in [-0.1, -0.05) is 27.7 Å². The van der Waals surface area contributed by atoms with Crippen molar-refractivity contribution in [2.45, 2.75) is 59.0 Å². The molecule has 0 radical (unpaired) electrons. The van der Waals surface area contributed by atoms with E-state index in [4.69, 9.17) is 0 Å². The van der Waals surface area contributed by atoms with Crippen molar-refractivity contribution < 1.29 is 8.42 Å². The first-order valence-corrected chi connectivity index (χ1v) is 9.70. The molecule has 0 spiro atoms. The highest BCUT2D eigenvalue weighted by atomic mass is 32.2. The Morgan fingerprint density at radius 3 is 2.40 bits per heavy atom. The Labute approximate surface area is 125 Å². The summed E-state index contributed by atoms with van der Waals surface area (Å²) in [6.07, 6.45) is 3.14. The Balaban J connectivity index is 2.72. The second kappa shape index (κ2) is 6.32. The van der Waals surface area contributed by atoms with Crippen LogP contribution in [0.1, 0.15) is 47.5 Å². The summed E-state index contributed by atoms with van der Waals surface area (Å²) in [6, 6.07) is 0.460. The largest absolute Gasteiger partial charge is 0.309 e. The van der Waals surface area contributed by atoms with Crippen LogP contribution in [-0.2, 0) is 9.84 Å². The van der Waals surface area contributed by atoms with E-state index in [1.165, 1.54) is 6.26 Å². The maximum absolute atomic E-state index is 11.3. The number of hydrogen-bond donors (Lipinski definition) is 1. The first-order chi connectivity index (χ1) is 8.97. The number of rotatable bonds is 5. The molecule has 120 valence electrons. The van der Waals surface area contributed by atoms with E-state index >= 15 is 0 Å². The van der Waals surface area contributed by atoms with Gasteiger partial charge in [0, 0.05) is 30.9 Å². The molecule has 0 aromatic rings. The van der Waals surface area contributed by atoms with Gasteiger partial charge in [0.25, 0.3) is 0 Å². The van der Waals surface area contributed by atoms with Crippen LogP contribution in [0.4, 0.5) is 0 Å². The van der Waals surface area contributed by atoms with Gasteiger partial charge in [-0.2, -0.15) is 0 Å². The maximum Gasteiger partial charge on any atom is 0.147 e. The fourth-order valence-electron chi connectivity index (χ4n) is 2.94. The summed E-state index contributed by atoms with van der Waals surface area (Å²) in [4.78, 5) is 2.49. The van der Waals surface area contributed by atoms with E-state index in [0.717, 1.165) is 32.5 Å². The smallest absolute Gasteiger partial charge is 0.147 e. The summed E-state index contributed by atoms with van der Waals surface area (Å²) in [6.45, 7) is 14.1. The van der Waals surface area contributed by atoms with Crippen molar-refractivity contribution in [1.82, 2.24) is 10.2 Å². The highest BCUT2D eigenvalue weighted by Gasteiger charge is 2.39. The zero-order valence-electron chi connectivity index (χ0n) is 14.0. The van der Waals surface area contributed by atoms with Crippen LogP contribution < -0.4 is 5.32 Å². The number of nitrogens with one attached hydrogen (secondary N) is 1. The fourth-order valence-corrected chi connectivity index (χ4v) is 3.60. The van der Waals surface area contributed by atoms with Gasteiger partial charge in [0.05, 0.1) is 5.75 Å². The van der Waals surface area contributed by atoms with Gasteiger partial charge in [-0.05, 0) is 31.7 Å². The molecule has 20 heavy (non-hydrogen) atoms. The van der Waals surface area contributed by atoms with E-state index in [2.05, 4.69) is 44.8 Å². The second-order valence-corrected chi connectivity index (χ2v) is 9.89. The molecule has 0 aliphatic carbocycles. The van der Waals surface area contributed by atoms with Crippen LogP contribution in [0.25, 0.3) is 0 Å². The predicted molar refractivity (Wildman–Crippen MR) is 85.8 cm³/mol. The van der Waals surface area contributed by atoms with E-state index in [1.54, 1.807) is 0 Å². The van der Waals surface area contributed by atoms with Gasteiger partial charge in [-0.25, -0.2) is 8.42 Å². The van der Waals surface area contributed by atoms with Crippen molar-refractivity contribution >= 4 is 9.84 Å². The van der Waals surface area contributed by atoms with Crippen molar-refractivity contribution in [2.75, 3.05) is 31.6 Å². The van der Waals surface area contributed by atoms with E-state index in [0.29, 0.717) is 6.04 Å². The standard InChI is InChI=1S/C15H32N2O2S/c1-7-15(5)12-17(9-8-10-20(6,18)19)13(11-16-15)14(2,3)4/h13,16H,7-12H2,1-6H3. The van der Waals surface area contributed by atoms with Crippen molar-refractivity contribution in [3.05, 3.63) is 0 Å². The van der Waals surface area contributed by atoms with Crippen LogP contribution in [0.3, 0.4) is 0 Å². The van der Waals surface area contributed by atoms with Gasteiger partial charge in [0.2, 0.25) is 0 Å². The number of nitrogens with zero attached hydrogens (tertiary/aromatic N) is 1. The zero-order valence-corrected chi connectivity index (χ0v) is 14.8. The van der Waals surface area contributed by atoms with Gasteiger partial charge in [0.15, 0.2) is 0 Å². The van der Waals surface area contributed by atoms with E-state index in [9.17, 15) is 8.42 Å². The molecule has 1 saturated heterocycles. The molecule has 1 rings (SSSR count). The molecule has 1 heterocycles. The lowest BCUT2D eigenvalue weighted by atomic mass is 9.81. The quantitative estimate of drug-likeness (QED) is 0.843. The van der Waals surface area contributed by atoms with Gasteiger partial charge >= 0.3 is 0 Å². The van der Waals surface area contributed by atoms with Crippen LogP contribution >= 0.6 is 0 Å². The number of hydrogen-bond acceptors (Lipinski definition) is 4. The lowest BCUT2D eigenvalue weighted by Gasteiger charge is -2.50. The highest BCUT2D eigenvalue weighted by molar-refractivity contribution is 7.90. The van der Waals surface area contributed by atoms with Crippen LogP contribution in [0, 0.1) is 5.41 Å². The van der Waals surface area contributed by atoms with Gasteiger partial charge in [0.1, 0.15) is 9.84 Å². The molecule has 4 nitrogen and oxygen atoms in total. The third kappa shape index (κ3) is 5.34. The van der Waals surface area contributed by atoms with E-state index < -0.39 is 9.84 Å². The van der Waals surface area contributed by atoms with Crippen LogP contribution in [0.5, 0.6) is 0 Å². The molecular formula is C15H32N2O2S. The number of sulfone groups is 1. The van der Waals surface area contributed by atoms with E-state index in [1.807, 2.05) is 0 Å². The molecule has 1 aliphatic rings. The Hall–Kier alpha value is -0.130. The van der Waals surface area contributed by atoms with Gasteiger partial charge in [-0.3, -0.25) is 4.90 Å². The molecule has 0 saturated carbocycles. The fraction of sp³-hybridized carbons (Fsp3) is 1.00. The molecule has 0 aromatic heterocycles. The summed E-state index contributed by atoms with van der Waals surface area (Å²) in [5.41, 5.74) is 0.347. The molecule has 2 atom stereocenters. The topological polar surface area (TPSA) is 49.4 Å². The molecule has 0 amide bonds. The summed E-state index contributed by atoms with van der Waals surface area (Å²) < 4.78 is 22.6. The van der Waals surface area contributed by atoms with Gasteiger partial charge in [-0.15, -0.1) is 0 Å². The van der Waals surface area contributed by atoms with Gasteiger partial charge < -0.3 is 5.32 Å².